The highest BCUT2D eigenvalue weighted by atomic mass is 16.5. The maximum atomic E-state index is 10.5. The highest BCUT2D eigenvalue weighted by Crippen LogP contribution is 2.35. The van der Waals surface area contributed by atoms with E-state index in [0.717, 1.165) is 22.3 Å². The summed E-state index contributed by atoms with van der Waals surface area (Å²) in [7, 11) is 0. The van der Waals surface area contributed by atoms with Crippen LogP contribution >= 0.6 is 0 Å². The average Bonchev–Trinajstić information content (AvgIpc) is 2.58. The van der Waals surface area contributed by atoms with E-state index in [0.29, 0.717) is 12.4 Å². The monoisotopic (exact) mass is 255 g/mol. The summed E-state index contributed by atoms with van der Waals surface area (Å²) in [6.07, 6.45) is 0.627. The Morgan fingerprint density at radius 3 is 2.84 bits per heavy atom. The van der Waals surface area contributed by atoms with Crippen LogP contribution in [-0.4, -0.2) is 16.5 Å². The van der Waals surface area contributed by atoms with Crippen LogP contribution in [0.1, 0.15) is 28.4 Å². The number of ether oxygens (including phenoxy) is 1. The van der Waals surface area contributed by atoms with Crippen LogP contribution in [-0.2, 0) is 6.61 Å². The number of nitrogens with zero attached hydrogens (tertiary/aromatic N) is 1. The van der Waals surface area contributed by atoms with E-state index >= 15 is 0 Å². The molecule has 0 fully saturated rings. The fraction of sp³-hybridized carbons (Fsp3) is 0.133. The molecule has 1 unspecified atom stereocenters. The summed E-state index contributed by atoms with van der Waals surface area (Å²) in [6.45, 7) is 0.417. The molecule has 4 nitrogen and oxygen atoms in total. The lowest BCUT2D eigenvalue weighted by atomic mass is 9.97. The Morgan fingerprint density at radius 2 is 2.00 bits per heavy atom. The molecule has 19 heavy (non-hydrogen) atoms. The largest absolute Gasteiger partial charge is 0.488 e. The summed E-state index contributed by atoms with van der Waals surface area (Å²) in [5.74, 6) is 0.612. The highest BCUT2D eigenvalue weighted by molar-refractivity contribution is 5.80. The summed E-state index contributed by atoms with van der Waals surface area (Å²) in [6, 6.07) is 13.0. The number of hydrogen-bond acceptors (Lipinski definition) is 4. The van der Waals surface area contributed by atoms with E-state index in [1.165, 1.54) is 6.21 Å². The van der Waals surface area contributed by atoms with Gasteiger partial charge in [-0.15, -0.1) is 0 Å². The summed E-state index contributed by atoms with van der Waals surface area (Å²) >= 11 is 0. The fourth-order valence-corrected chi connectivity index (χ4v) is 2.30. The van der Waals surface area contributed by atoms with Crippen molar-refractivity contribution in [3.05, 3.63) is 64.7 Å². The van der Waals surface area contributed by atoms with Gasteiger partial charge in [0.25, 0.3) is 0 Å². The molecule has 2 N–H and O–H groups in total. The number of benzene rings is 2. The van der Waals surface area contributed by atoms with Gasteiger partial charge in [-0.1, -0.05) is 41.6 Å². The third kappa shape index (κ3) is 2.06. The lowest BCUT2D eigenvalue weighted by molar-refractivity contribution is 0.218. The number of rotatable bonds is 1. The molecule has 0 spiro atoms. The Bertz CT molecular complexity index is 637. The first kappa shape index (κ1) is 11.7. The number of aliphatic hydroxyl groups is 1. The van der Waals surface area contributed by atoms with Gasteiger partial charge in [-0.25, -0.2) is 0 Å². The molecule has 1 aliphatic rings. The van der Waals surface area contributed by atoms with E-state index in [-0.39, 0.29) is 0 Å². The van der Waals surface area contributed by atoms with E-state index in [9.17, 15) is 5.11 Å². The summed E-state index contributed by atoms with van der Waals surface area (Å²) < 4.78 is 5.73. The fourth-order valence-electron chi connectivity index (χ4n) is 2.30. The van der Waals surface area contributed by atoms with Crippen molar-refractivity contribution in [1.29, 1.82) is 0 Å². The van der Waals surface area contributed by atoms with Gasteiger partial charge >= 0.3 is 0 Å². The maximum Gasteiger partial charge on any atom is 0.126 e. The first-order valence-electron chi connectivity index (χ1n) is 5.99. The van der Waals surface area contributed by atoms with Gasteiger partial charge in [0.1, 0.15) is 18.5 Å². The minimum atomic E-state index is -0.700. The highest BCUT2D eigenvalue weighted by Gasteiger charge is 2.22. The zero-order valence-electron chi connectivity index (χ0n) is 10.2. The van der Waals surface area contributed by atoms with Gasteiger partial charge in [-0.2, -0.15) is 0 Å². The second-order valence-electron chi connectivity index (χ2n) is 4.43. The third-order valence-corrected chi connectivity index (χ3v) is 3.27. The molecule has 1 heterocycles. The van der Waals surface area contributed by atoms with Crippen molar-refractivity contribution in [3.63, 3.8) is 0 Å². The molecule has 0 saturated carbocycles. The molecule has 0 bridgehead atoms. The standard InChI is InChI=1S/C15H13NO3/c17-15-12-4-2-1-3-11(12)9-19-14-7-10(8-16-18)5-6-13(14)15/h1-8,15,17-18H,9H2/b16-8+. The second-order valence-corrected chi connectivity index (χ2v) is 4.43. The van der Waals surface area contributed by atoms with Gasteiger partial charge in [0.2, 0.25) is 0 Å². The first-order chi connectivity index (χ1) is 9.29. The quantitative estimate of drug-likeness (QED) is 0.467. The van der Waals surface area contributed by atoms with Crippen LogP contribution in [0.25, 0.3) is 0 Å². The van der Waals surface area contributed by atoms with Crippen molar-refractivity contribution in [2.45, 2.75) is 12.7 Å². The topological polar surface area (TPSA) is 62.1 Å². The Hall–Kier alpha value is -2.33. The molecular formula is C15H13NO3. The Labute approximate surface area is 110 Å². The Kier molecular flexibility index (Phi) is 2.93. The molecule has 4 heteroatoms. The minimum Gasteiger partial charge on any atom is -0.488 e. The molecule has 0 aromatic heterocycles. The Balaban J connectivity index is 2.09. The van der Waals surface area contributed by atoms with Crippen LogP contribution < -0.4 is 4.74 Å². The van der Waals surface area contributed by atoms with Crippen LogP contribution in [0.4, 0.5) is 0 Å². The lowest BCUT2D eigenvalue weighted by Crippen LogP contribution is -2.01. The molecule has 0 amide bonds. The molecular weight excluding hydrogens is 242 g/mol. The van der Waals surface area contributed by atoms with Gasteiger partial charge in [0.05, 0.1) is 6.21 Å². The van der Waals surface area contributed by atoms with Gasteiger partial charge in [-0.3, -0.25) is 0 Å². The predicted molar refractivity (Wildman–Crippen MR) is 70.7 cm³/mol. The van der Waals surface area contributed by atoms with Crippen LogP contribution in [0, 0.1) is 0 Å². The maximum absolute atomic E-state index is 10.5. The molecule has 1 aliphatic heterocycles. The molecule has 96 valence electrons. The molecule has 3 rings (SSSR count). The van der Waals surface area contributed by atoms with E-state index in [1.807, 2.05) is 24.3 Å². The van der Waals surface area contributed by atoms with Crippen molar-refractivity contribution in [1.82, 2.24) is 0 Å². The van der Waals surface area contributed by atoms with Gasteiger partial charge in [0, 0.05) is 5.56 Å². The number of hydrogen-bond donors (Lipinski definition) is 2. The Morgan fingerprint density at radius 1 is 1.16 bits per heavy atom. The smallest absolute Gasteiger partial charge is 0.126 e. The normalized spacial score (nSPS) is 17.4. The third-order valence-electron chi connectivity index (χ3n) is 3.27. The molecule has 2 aromatic rings. The number of oxime groups is 1. The first-order valence-corrected chi connectivity index (χ1v) is 5.99. The summed E-state index contributed by atoms with van der Waals surface area (Å²) in [5, 5.41) is 22.0. The van der Waals surface area contributed by atoms with Gasteiger partial charge in [0.15, 0.2) is 0 Å². The van der Waals surface area contributed by atoms with Crippen LogP contribution in [0.5, 0.6) is 5.75 Å². The van der Waals surface area contributed by atoms with E-state index in [2.05, 4.69) is 5.16 Å². The molecule has 0 radical (unpaired) electrons. The van der Waals surface area contributed by atoms with Gasteiger partial charge in [-0.05, 0) is 22.8 Å². The molecule has 2 aromatic carbocycles. The molecule has 0 saturated heterocycles. The summed E-state index contributed by atoms with van der Waals surface area (Å²) in [4.78, 5) is 0. The van der Waals surface area contributed by atoms with Crippen molar-refractivity contribution < 1.29 is 15.1 Å². The van der Waals surface area contributed by atoms with Crippen molar-refractivity contribution >= 4 is 6.21 Å². The zero-order valence-corrected chi connectivity index (χ0v) is 10.2. The SMILES string of the molecule is O/N=C/c1ccc2c(c1)OCc1ccccc1C2O. The second kappa shape index (κ2) is 4.74. The molecule has 0 aliphatic carbocycles. The van der Waals surface area contributed by atoms with E-state index in [4.69, 9.17) is 9.94 Å². The minimum absolute atomic E-state index is 0.417. The van der Waals surface area contributed by atoms with Crippen molar-refractivity contribution in [3.8, 4) is 5.75 Å². The van der Waals surface area contributed by atoms with Crippen molar-refractivity contribution in [2.75, 3.05) is 0 Å². The van der Waals surface area contributed by atoms with Crippen LogP contribution in [0.2, 0.25) is 0 Å². The van der Waals surface area contributed by atoms with Crippen LogP contribution in [0.3, 0.4) is 0 Å². The van der Waals surface area contributed by atoms with Crippen LogP contribution in [0.15, 0.2) is 47.6 Å². The predicted octanol–water partition coefficient (Wildman–Crippen LogP) is 2.47. The van der Waals surface area contributed by atoms with E-state index in [1.54, 1.807) is 18.2 Å². The number of fused-ring (bicyclic) bond motifs is 2. The lowest BCUT2D eigenvalue weighted by Gasteiger charge is -2.12. The van der Waals surface area contributed by atoms with E-state index < -0.39 is 6.10 Å². The average molecular weight is 255 g/mol. The zero-order chi connectivity index (χ0) is 13.2. The number of aliphatic hydroxyl groups excluding tert-OH is 1. The summed E-state index contributed by atoms with van der Waals surface area (Å²) in [5.41, 5.74) is 3.29. The molecule has 1 atom stereocenters. The van der Waals surface area contributed by atoms with Crippen molar-refractivity contribution in [2.24, 2.45) is 5.16 Å². The van der Waals surface area contributed by atoms with Gasteiger partial charge < -0.3 is 15.1 Å².